The lowest BCUT2D eigenvalue weighted by Gasteiger charge is -2.25. The molecular weight excluding hydrogens is 655 g/mol. The van der Waals surface area contributed by atoms with Crippen LogP contribution in [0.3, 0.4) is 0 Å². The fourth-order valence-corrected chi connectivity index (χ4v) is 8.12. The number of anilines is 3. The standard InChI is InChI=1S/C48H27NO4/c1-2-8-28(9-3-1)29-14-16-30(17-15-29)49(31-18-20-35-33-10-4-6-12-41(33)50-43(35)22-31)32-19-21-36-38-25-48-40(27-46(38)52-44(36)23-32)39-26-45-37(24-47(39)53-48)34-11-5-7-13-42(34)51-45/h1-27H. The zero-order valence-corrected chi connectivity index (χ0v) is 28.2. The molecule has 4 heterocycles. The predicted molar refractivity (Wildman–Crippen MR) is 216 cm³/mol. The van der Waals surface area contributed by atoms with Gasteiger partial charge in [-0.1, -0.05) is 78.9 Å². The fourth-order valence-electron chi connectivity index (χ4n) is 8.12. The topological polar surface area (TPSA) is 55.8 Å². The van der Waals surface area contributed by atoms with E-state index in [2.05, 4.69) is 126 Å². The van der Waals surface area contributed by atoms with Crippen LogP contribution in [0.1, 0.15) is 0 Å². The molecule has 0 radical (unpaired) electrons. The molecule has 0 saturated carbocycles. The van der Waals surface area contributed by atoms with Crippen LogP contribution in [-0.4, -0.2) is 0 Å². The third-order valence-electron chi connectivity index (χ3n) is 10.7. The first-order valence-corrected chi connectivity index (χ1v) is 17.7. The summed E-state index contributed by atoms with van der Waals surface area (Å²) >= 11 is 0. The molecule has 4 aromatic heterocycles. The van der Waals surface area contributed by atoms with Gasteiger partial charge in [0.1, 0.15) is 44.7 Å². The highest BCUT2D eigenvalue weighted by Gasteiger charge is 2.20. The van der Waals surface area contributed by atoms with E-state index in [-0.39, 0.29) is 0 Å². The Kier molecular flexibility index (Phi) is 5.71. The van der Waals surface area contributed by atoms with Gasteiger partial charge in [0.15, 0.2) is 0 Å². The summed E-state index contributed by atoms with van der Waals surface area (Å²) in [7, 11) is 0. The first-order valence-electron chi connectivity index (χ1n) is 17.7. The number of fused-ring (bicyclic) bond motifs is 12. The number of rotatable bonds is 4. The lowest BCUT2D eigenvalue weighted by atomic mass is 10.0. The molecule has 5 nitrogen and oxygen atoms in total. The van der Waals surface area contributed by atoms with Crippen molar-refractivity contribution in [2.45, 2.75) is 0 Å². The molecule has 0 fully saturated rings. The van der Waals surface area contributed by atoms with Gasteiger partial charge in [0.25, 0.3) is 0 Å². The second-order valence-electron chi connectivity index (χ2n) is 13.7. The van der Waals surface area contributed by atoms with Crippen LogP contribution in [0, 0.1) is 0 Å². The largest absolute Gasteiger partial charge is 0.456 e. The Hall–Kier alpha value is -7.24. The number of para-hydroxylation sites is 2. The normalized spacial score (nSPS) is 12.2. The highest BCUT2D eigenvalue weighted by Crippen LogP contribution is 2.43. The molecule has 0 unspecified atom stereocenters. The van der Waals surface area contributed by atoms with Crippen molar-refractivity contribution >= 4 is 105 Å². The minimum absolute atomic E-state index is 0.796. The van der Waals surface area contributed by atoms with Gasteiger partial charge in [-0.3, -0.25) is 0 Å². The van der Waals surface area contributed by atoms with E-state index < -0.39 is 0 Å². The molecule has 8 aromatic carbocycles. The van der Waals surface area contributed by atoms with E-state index in [0.717, 1.165) is 110 Å². The van der Waals surface area contributed by atoms with Crippen LogP contribution in [0.5, 0.6) is 0 Å². The van der Waals surface area contributed by atoms with Gasteiger partial charge in [0.05, 0.1) is 0 Å². The first-order chi connectivity index (χ1) is 26.2. The van der Waals surface area contributed by atoms with Crippen molar-refractivity contribution in [2.75, 3.05) is 4.90 Å². The van der Waals surface area contributed by atoms with Crippen LogP contribution in [0.4, 0.5) is 17.1 Å². The SMILES string of the molecule is c1ccc(-c2ccc(N(c3ccc4c(c3)oc3ccccc34)c3ccc4c(c3)oc3cc5c(cc34)oc3cc4c(cc35)oc3ccccc34)cc2)cc1. The average Bonchev–Trinajstić information content (AvgIpc) is 3.96. The van der Waals surface area contributed by atoms with Gasteiger partial charge < -0.3 is 22.6 Å². The molecule has 0 aliphatic heterocycles. The van der Waals surface area contributed by atoms with Crippen molar-refractivity contribution in [1.29, 1.82) is 0 Å². The summed E-state index contributed by atoms with van der Waals surface area (Å²) in [6.07, 6.45) is 0. The number of nitrogens with zero attached hydrogens (tertiary/aromatic N) is 1. The van der Waals surface area contributed by atoms with Crippen molar-refractivity contribution in [3.8, 4) is 11.1 Å². The number of hydrogen-bond acceptors (Lipinski definition) is 5. The third-order valence-corrected chi connectivity index (χ3v) is 10.7. The zero-order valence-electron chi connectivity index (χ0n) is 28.2. The van der Waals surface area contributed by atoms with Gasteiger partial charge >= 0.3 is 0 Å². The second kappa shape index (κ2) is 10.6. The van der Waals surface area contributed by atoms with Crippen LogP contribution in [0.15, 0.2) is 181 Å². The fraction of sp³-hybridized carbons (Fsp3) is 0. The average molecular weight is 682 g/mol. The van der Waals surface area contributed by atoms with Crippen molar-refractivity contribution in [3.63, 3.8) is 0 Å². The van der Waals surface area contributed by atoms with E-state index in [4.69, 9.17) is 17.7 Å². The van der Waals surface area contributed by atoms with Crippen molar-refractivity contribution < 1.29 is 17.7 Å². The maximum Gasteiger partial charge on any atom is 0.137 e. The van der Waals surface area contributed by atoms with Crippen molar-refractivity contribution in [1.82, 2.24) is 0 Å². The van der Waals surface area contributed by atoms with E-state index in [9.17, 15) is 0 Å². The molecule has 248 valence electrons. The monoisotopic (exact) mass is 681 g/mol. The van der Waals surface area contributed by atoms with E-state index in [1.807, 2.05) is 42.5 Å². The number of furan rings is 4. The summed E-state index contributed by atoms with van der Waals surface area (Å²) in [5.41, 5.74) is 12.0. The lowest BCUT2D eigenvalue weighted by Crippen LogP contribution is -2.09. The van der Waals surface area contributed by atoms with E-state index in [1.165, 1.54) is 5.56 Å². The molecule has 0 aliphatic carbocycles. The second-order valence-corrected chi connectivity index (χ2v) is 13.7. The summed E-state index contributed by atoms with van der Waals surface area (Å²) in [5, 5.41) is 8.36. The van der Waals surface area contributed by atoms with Crippen LogP contribution in [0.2, 0.25) is 0 Å². The van der Waals surface area contributed by atoms with E-state index >= 15 is 0 Å². The predicted octanol–water partition coefficient (Wildman–Crippen LogP) is 14.4. The molecule has 0 spiro atoms. The van der Waals surface area contributed by atoms with Gasteiger partial charge in [0, 0.05) is 72.3 Å². The van der Waals surface area contributed by atoms with Crippen LogP contribution in [0.25, 0.3) is 98.9 Å². The molecule has 0 amide bonds. The zero-order chi connectivity index (χ0) is 34.6. The maximum absolute atomic E-state index is 6.65. The van der Waals surface area contributed by atoms with Gasteiger partial charge in [-0.05, 0) is 83.9 Å². The molecule has 5 heteroatoms. The number of benzene rings is 8. The van der Waals surface area contributed by atoms with Gasteiger partial charge in [-0.15, -0.1) is 0 Å². The van der Waals surface area contributed by atoms with Gasteiger partial charge in [-0.25, -0.2) is 0 Å². The van der Waals surface area contributed by atoms with Crippen LogP contribution < -0.4 is 4.90 Å². The van der Waals surface area contributed by atoms with E-state index in [1.54, 1.807) is 0 Å². The summed E-state index contributed by atoms with van der Waals surface area (Å²) in [5.74, 6) is 0. The highest BCUT2D eigenvalue weighted by molar-refractivity contribution is 6.18. The third kappa shape index (κ3) is 4.25. The lowest BCUT2D eigenvalue weighted by molar-refractivity contribution is 0.662. The molecule has 12 rings (SSSR count). The molecule has 0 N–H and O–H groups in total. The van der Waals surface area contributed by atoms with E-state index in [0.29, 0.717) is 0 Å². The van der Waals surface area contributed by atoms with Crippen molar-refractivity contribution in [2.24, 2.45) is 0 Å². The first kappa shape index (κ1) is 28.5. The van der Waals surface area contributed by atoms with Crippen LogP contribution >= 0.6 is 0 Å². The molecular formula is C48H27NO4. The van der Waals surface area contributed by atoms with Crippen molar-refractivity contribution in [3.05, 3.63) is 164 Å². The Balaban J connectivity index is 1.01. The Morgan fingerprint density at radius 1 is 0.245 bits per heavy atom. The molecule has 53 heavy (non-hydrogen) atoms. The minimum Gasteiger partial charge on any atom is -0.456 e. The molecule has 0 atom stereocenters. The Morgan fingerprint density at radius 3 is 1.15 bits per heavy atom. The molecule has 12 aromatic rings. The Morgan fingerprint density at radius 2 is 0.604 bits per heavy atom. The summed E-state index contributed by atoms with van der Waals surface area (Å²) in [6, 6.07) is 56.7. The van der Waals surface area contributed by atoms with Crippen LogP contribution in [-0.2, 0) is 0 Å². The summed E-state index contributed by atoms with van der Waals surface area (Å²) < 4.78 is 25.7. The minimum atomic E-state index is 0.796. The highest BCUT2D eigenvalue weighted by atomic mass is 16.3. The summed E-state index contributed by atoms with van der Waals surface area (Å²) in [4.78, 5) is 2.26. The smallest absolute Gasteiger partial charge is 0.137 e. The Labute approximate surface area is 301 Å². The van der Waals surface area contributed by atoms with Gasteiger partial charge in [-0.2, -0.15) is 0 Å². The van der Waals surface area contributed by atoms with Gasteiger partial charge in [0.2, 0.25) is 0 Å². The molecule has 0 aliphatic rings. The summed E-state index contributed by atoms with van der Waals surface area (Å²) in [6.45, 7) is 0. The maximum atomic E-state index is 6.65. The molecule has 0 saturated heterocycles. The molecule has 0 bridgehead atoms. The number of hydrogen-bond donors (Lipinski definition) is 0. The quantitative estimate of drug-likeness (QED) is 0.185. The Bertz CT molecular complexity index is 3400.